The van der Waals surface area contributed by atoms with Gasteiger partial charge < -0.3 is 0 Å². The van der Waals surface area contributed by atoms with Crippen molar-refractivity contribution in [3.05, 3.63) is 151 Å². The third-order valence-electron chi connectivity index (χ3n) is 8.79. The lowest BCUT2D eigenvalue weighted by Crippen LogP contribution is -2.03. The minimum Gasteiger partial charge on any atom is -0.237 e. The minimum atomic E-state index is 0.661. The number of allylic oxidation sites excluding steroid dienone is 4. The standard InChI is InChI=1S/C42H28N4S/c1-3-11-27(12-4-1)28-19-23-31(24-20-28)40-44-39(30-13-5-2-6-14-30)45-41(46-40)32-25-21-29(22-26-32)37-33-15-7-9-17-35(33)43-42-38(37)34-16-8-10-18-36(34)47-42/h1,3-5,7-26H,2,6H2. The Bertz CT molecular complexity index is 2490. The van der Waals surface area contributed by atoms with E-state index < -0.39 is 0 Å². The first-order valence-electron chi connectivity index (χ1n) is 15.9. The number of nitrogens with zero attached hydrogens (tertiary/aromatic N) is 4. The van der Waals surface area contributed by atoms with Gasteiger partial charge in [0.1, 0.15) is 4.83 Å². The number of pyridine rings is 1. The van der Waals surface area contributed by atoms with Crippen LogP contribution in [-0.2, 0) is 0 Å². The van der Waals surface area contributed by atoms with Crippen LogP contribution in [0.15, 0.2) is 146 Å². The average Bonchev–Trinajstić information content (AvgIpc) is 3.52. The fourth-order valence-corrected chi connectivity index (χ4v) is 7.54. The number of hydrogen-bond donors (Lipinski definition) is 0. The Labute approximate surface area is 276 Å². The van der Waals surface area contributed by atoms with E-state index in [4.69, 9.17) is 19.9 Å². The van der Waals surface area contributed by atoms with Gasteiger partial charge in [-0.05, 0) is 41.7 Å². The molecule has 0 N–H and O–H groups in total. The van der Waals surface area contributed by atoms with Gasteiger partial charge in [0.25, 0.3) is 0 Å². The van der Waals surface area contributed by atoms with E-state index in [-0.39, 0.29) is 0 Å². The molecule has 4 nitrogen and oxygen atoms in total. The van der Waals surface area contributed by atoms with E-state index in [1.54, 1.807) is 11.3 Å². The van der Waals surface area contributed by atoms with Crippen LogP contribution in [0.5, 0.6) is 0 Å². The lowest BCUT2D eigenvalue weighted by molar-refractivity contribution is 1.01. The Kier molecular flexibility index (Phi) is 6.76. The molecule has 3 heterocycles. The van der Waals surface area contributed by atoms with Crippen LogP contribution in [0.4, 0.5) is 0 Å². The predicted molar refractivity (Wildman–Crippen MR) is 196 cm³/mol. The molecule has 3 aromatic heterocycles. The summed E-state index contributed by atoms with van der Waals surface area (Å²) in [5, 5.41) is 3.59. The molecule has 0 aliphatic heterocycles. The largest absolute Gasteiger partial charge is 0.237 e. The molecule has 0 spiro atoms. The third-order valence-corrected chi connectivity index (χ3v) is 9.86. The number of benzene rings is 5. The van der Waals surface area contributed by atoms with Crippen LogP contribution in [0.3, 0.4) is 0 Å². The second-order valence-electron chi connectivity index (χ2n) is 11.7. The summed E-state index contributed by atoms with van der Waals surface area (Å²) in [5.41, 5.74) is 8.65. The van der Waals surface area contributed by atoms with Crippen molar-refractivity contribution >= 4 is 48.1 Å². The highest BCUT2D eigenvalue weighted by atomic mass is 32.1. The molecule has 1 aliphatic carbocycles. The average molecular weight is 621 g/mol. The molecule has 0 bridgehead atoms. The Morgan fingerprint density at radius 3 is 1.79 bits per heavy atom. The highest BCUT2D eigenvalue weighted by molar-refractivity contribution is 7.25. The summed E-state index contributed by atoms with van der Waals surface area (Å²) >= 11 is 1.75. The maximum absolute atomic E-state index is 5.06. The smallest absolute Gasteiger partial charge is 0.164 e. The SMILES string of the molecule is C1=CC(c2nc(-c3ccc(-c4ccccc4)cc3)nc(-c3ccc(-c4c5ccccc5nc5sc6ccccc6c45)cc3)n2)=CCC1. The van der Waals surface area contributed by atoms with Crippen molar-refractivity contribution in [3.8, 4) is 45.0 Å². The van der Waals surface area contributed by atoms with Gasteiger partial charge in [-0.25, -0.2) is 19.9 Å². The number of hydrogen-bond acceptors (Lipinski definition) is 5. The molecule has 222 valence electrons. The lowest BCUT2D eigenvalue weighted by Gasteiger charge is -2.12. The van der Waals surface area contributed by atoms with Gasteiger partial charge in [-0.15, -0.1) is 11.3 Å². The van der Waals surface area contributed by atoms with Crippen molar-refractivity contribution in [1.29, 1.82) is 0 Å². The lowest BCUT2D eigenvalue weighted by atomic mass is 9.95. The molecule has 0 amide bonds. The van der Waals surface area contributed by atoms with Crippen molar-refractivity contribution in [2.75, 3.05) is 0 Å². The van der Waals surface area contributed by atoms with E-state index in [0.717, 1.165) is 56.4 Å². The predicted octanol–water partition coefficient (Wildman–Crippen LogP) is 11.2. The first-order valence-corrected chi connectivity index (χ1v) is 16.7. The van der Waals surface area contributed by atoms with Crippen molar-refractivity contribution < 1.29 is 0 Å². The number of thiophene rings is 1. The molecule has 0 unspecified atom stereocenters. The first-order chi connectivity index (χ1) is 23.3. The van der Waals surface area contributed by atoms with Crippen LogP contribution >= 0.6 is 11.3 Å². The van der Waals surface area contributed by atoms with Gasteiger partial charge in [-0.1, -0.05) is 133 Å². The van der Waals surface area contributed by atoms with Crippen LogP contribution in [0, 0.1) is 0 Å². The summed E-state index contributed by atoms with van der Waals surface area (Å²) in [6, 6.07) is 44.6. The van der Waals surface area contributed by atoms with E-state index in [0.29, 0.717) is 17.5 Å². The molecule has 0 saturated carbocycles. The van der Waals surface area contributed by atoms with Gasteiger partial charge in [0.2, 0.25) is 0 Å². The highest BCUT2D eigenvalue weighted by Gasteiger charge is 2.18. The van der Waals surface area contributed by atoms with Crippen molar-refractivity contribution in [1.82, 2.24) is 19.9 Å². The maximum atomic E-state index is 5.06. The number of rotatable bonds is 5. The van der Waals surface area contributed by atoms with Crippen LogP contribution in [0.1, 0.15) is 18.7 Å². The van der Waals surface area contributed by atoms with Gasteiger partial charge in [0.05, 0.1) is 5.52 Å². The molecular weight excluding hydrogens is 593 g/mol. The molecule has 5 aromatic carbocycles. The Balaban J connectivity index is 1.16. The zero-order chi connectivity index (χ0) is 31.2. The number of fused-ring (bicyclic) bond motifs is 4. The Morgan fingerprint density at radius 1 is 0.468 bits per heavy atom. The molecule has 8 aromatic rings. The quantitative estimate of drug-likeness (QED) is 0.192. The summed E-state index contributed by atoms with van der Waals surface area (Å²) in [6.07, 6.45) is 8.55. The topological polar surface area (TPSA) is 51.6 Å². The molecule has 0 fully saturated rings. The number of para-hydroxylation sites is 1. The molecule has 5 heteroatoms. The normalized spacial score (nSPS) is 13.0. The van der Waals surface area contributed by atoms with E-state index in [1.807, 2.05) is 6.07 Å². The first kappa shape index (κ1) is 27.5. The summed E-state index contributed by atoms with van der Waals surface area (Å²) in [4.78, 5) is 21.1. The minimum absolute atomic E-state index is 0.661. The molecule has 9 rings (SSSR count). The zero-order valence-corrected chi connectivity index (χ0v) is 26.3. The van der Waals surface area contributed by atoms with Crippen LogP contribution in [-0.4, -0.2) is 19.9 Å². The molecule has 47 heavy (non-hydrogen) atoms. The zero-order valence-electron chi connectivity index (χ0n) is 25.5. The van der Waals surface area contributed by atoms with Crippen LogP contribution in [0.2, 0.25) is 0 Å². The van der Waals surface area contributed by atoms with Gasteiger partial charge in [0.15, 0.2) is 17.5 Å². The van der Waals surface area contributed by atoms with Gasteiger partial charge in [-0.3, -0.25) is 0 Å². The second-order valence-corrected chi connectivity index (χ2v) is 12.8. The monoisotopic (exact) mass is 620 g/mol. The summed E-state index contributed by atoms with van der Waals surface area (Å²) in [6.45, 7) is 0. The van der Waals surface area contributed by atoms with E-state index in [1.165, 1.54) is 26.6 Å². The fourth-order valence-electron chi connectivity index (χ4n) is 6.45. The second kappa shape index (κ2) is 11.5. The molecule has 0 atom stereocenters. The van der Waals surface area contributed by atoms with Gasteiger partial charge >= 0.3 is 0 Å². The Hall–Kier alpha value is -5.78. The highest BCUT2D eigenvalue weighted by Crippen LogP contribution is 2.43. The van der Waals surface area contributed by atoms with Crippen molar-refractivity contribution in [2.24, 2.45) is 0 Å². The fraction of sp³-hybridized carbons (Fsp3) is 0.0476. The van der Waals surface area contributed by atoms with Crippen LogP contribution in [0.25, 0.3) is 81.8 Å². The number of aromatic nitrogens is 4. The van der Waals surface area contributed by atoms with E-state index >= 15 is 0 Å². The Morgan fingerprint density at radius 2 is 1.06 bits per heavy atom. The molecule has 1 aliphatic rings. The van der Waals surface area contributed by atoms with Crippen molar-refractivity contribution in [2.45, 2.75) is 12.8 Å². The summed E-state index contributed by atoms with van der Waals surface area (Å²) < 4.78 is 1.25. The maximum Gasteiger partial charge on any atom is 0.164 e. The van der Waals surface area contributed by atoms with Crippen LogP contribution < -0.4 is 0 Å². The summed E-state index contributed by atoms with van der Waals surface area (Å²) in [5.74, 6) is 2.03. The molecule has 0 saturated heterocycles. The third kappa shape index (κ3) is 5.02. The van der Waals surface area contributed by atoms with E-state index in [9.17, 15) is 0 Å². The van der Waals surface area contributed by atoms with Gasteiger partial charge in [-0.2, -0.15) is 0 Å². The van der Waals surface area contributed by atoms with Gasteiger partial charge in [0, 0.05) is 43.1 Å². The van der Waals surface area contributed by atoms with Crippen molar-refractivity contribution in [3.63, 3.8) is 0 Å². The van der Waals surface area contributed by atoms with E-state index in [2.05, 4.69) is 140 Å². The molecular formula is C42H28N4S. The summed E-state index contributed by atoms with van der Waals surface area (Å²) in [7, 11) is 0. The molecule has 0 radical (unpaired) electrons.